The first kappa shape index (κ1) is 23.7. The molecule has 1 N–H and O–H groups in total. The summed E-state index contributed by atoms with van der Waals surface area (Å²) < 4.78 is 24.0. The minimum absolute atomic E-state index is 0.0545. The maximum absolute atomic E-state index is 12.5. The number of hydrogen-bond donors (Lipinski definition) is 1. The van der Waals surface area contributed by atoms with E-state index in [9.17, 15) is 4.79 Å². The smallest absolute Gasteiger partial charge is 0.320 e. The molecule has 7 unspecified atom stereocenters. The van der Waals surface area contributed by atoms with Crippen LogP contribution in [-0.2, 0) is 23.7 Å². The zero-order valence-corrected chi connectivity index (χ0v) is 19.7. The minimum atomic E-state index is -0.312. The number of nitrogens with one attached hydrogen (secondary N) is 1. The molecule has 7 heteroatoms. The molecule has 2 aliphatic heterocycles. The number of carbonyl (C=O) groups excluding carboxylic acids is 1. The lowest BCUT2D eigenvalue weighted by Gasteiger charge is -2.42. The lowest BCUT2D eigenvalue weighted by atomic mass is 9.68. The molecule has 7 atom stereocenters. The van der Waals surface area contributed by atoms with Crippen LogP contribution in [0.1, 0.15) is 47.0 Å². The molecule has 7 nitrogen and oxygen atoms in total. The number of likely N-dealkylation sites (N-methyl/N-ethyl adjacent to an activating group) is 1. The Morgan fingerprint density at radius 3 is 2.63 bits per heavy atom. The molecule has 2 heterocycles. The minimum Gasteiger partial charge on any atom is -0.459 e. The van der Waals surface area contributed by atoms with Crippen LogP contribution in [0.2, 0.25) is 0 Å². The highest BCUT2D eigenvalue weighted by atomic mass is 16.6. The molecule has 30 heavy (non-hydrogen) atoms. The van der Waals surface area contributed by atoms with Crippen LogP contribution in [0.25, 0.3) is 0 Å². The van der Waals surface area contributed by atoms with Crippen molar-refractivity contribution in [2.75, 3.05) is 40.9 Å². The van der Waals surface area contributed by atoms with Crippen LogP contribution in [0.15, 0.2) is 11.6 Å². The molecule has 1 spiro atoms. The molecule has 0 aromatic rings. The summed E-state index contributed by atoms with van der Waals surface area (Å²) in [5.41, 5.74) is 0.783. The summed E-state index contributed by atoms with van der Waals surface area (Å²) >= 11 is 0. The number of allylic oxidation sites excluding steroid dienone is 1. The first-order valence-electron chi connectivity index (χ1n) is 11.2. The van der Waals surface area contributed by atoms with Gasteiger partial charge in [0, 0.05) is 19.7 Å². The van der Waals surface area contributed by atoms with Crippen LogP contribution < -0.4 is 5.32 Å². The van der Waals surface area contributed by atoms with E-state index in [2.05, 4.69) is 44.0 Å². The molecule has 0 radical (unpaired) electrons. The third kappa shape index (κ3) is 5.07. The molecule has 0 bridgehead atoms. The Bertz CT molecular complexity index is 644. The Labute approximate surface area is 181 Å². The van der Waals surface area contributed by atoms with Gasteiger partial charge in [-0.25, -0.2) is 0 Å². The highest BCUT2D eigenvalue weighted by Gasteiger charge is 2.72. The fourth-order valence-electron chi connectivity index (χ4n) is 4.85. The van der Waals surface area contributed by atoms with Gasteiger partial charge in [-0.1, -0.05) is 11.6 Å². The summed E-state index contributed by atoms with van der Waals surface area (Å²) in [5.74, 6) is -0.179. The largest absolute Gasteiger partial charge is 0.459 e. The van der Waals surface area contributed by atoms with Gasteiger partial charge < -0.3 is 29.2 Å². The van der Waals surface area contributed by atoms with Crippen molar-refractivity contribution in [3.63, 3.8) is 0 Å². The molecule has 2 saturated heterocycles. The van der Waals surface area contributed by atoms with E-state index in [0.717, 1.165) is 32.4 Å². The number of methoxy groups -OCH3 is 1. The van der Waals surface area contributed by atoms with E-state index in [4.69, 9.17) is 18.9 Å². The van der Waals surface area contributed by atoms with Gasteiger partial charge in [0.25, 0.3) is 0 Å². The number of hydrogen-bond acceptors (Lipinski definition) is 7. The molecular formula is C23H40N2O5. The van der Waals surface area contributed by atoms with Crippen LogP contribution in [0.3, 0.4) is 0 Å². The van der Waals surface area contributed by atoms with Crippen molar-refractivity contribution in [2.24, 2.45) is 5.92 Å². The number of carbonyl (C=O) groups is 1. The number of epoxide rings is 2. The van der Waals surface area contributed by atoms with Crippen LogP contribution >= 0.6 is 0 Å². The van der Waals surface area contributed by atoms with Crippen molar-refractivity contribution in [3.05, 3.63) is 11.6 Å². The molecule has 1 saturated carbocycles. The van der Waals surface area contributed by atoms with E-state index < -0.39 is 0 Å². The molecule has 172 valence electrons. The van der Waals surface area contributed by atoms with Crippen LogP contribution in [0.4, 0.5) is 0 Å². The van der Waals surface area contributed by atoms with Gasteiger partial charge in [0.2, 0.25) is 0 Å². The average molecular weight is 425 g/mol. The second kappa shape index (κ2) is 9.25. The van der Waals surface area contributed by atoms with Crippen molar-refractivity contribution in [3.8, 4) is 0 Å². The maximum Gasteiger partial charge on any atom is 0.320 e. The molecule has 3 fully saturated rings. The summed E-state index contributed by atoms with van der Waals surface area (Å²) in [6.07, 6.45) is 4.38. The molecule has 3 aliphatic rings. The van der Waals surface area contributed by atoms with Crippen LogP contribution in [-0.4, -0.2) is 87.3 Å². The van der Waals surface area contributed by atoms with E-state index >= 15 is 0 Å². The molecule has 0 aromatic heterocycles. The van der Waals surface area contributed by atoms with Gasteiger partial charge in [-0.2, -0.15) is 0 Å². The van der Waals surface area contributed by atoms with Crippen molar-refractivity contribution >= 4 is 5.97 Å². The molecule has 1 aliphatic carbocycles. The summed E-state index contributed by atoms with van der Waals surface area (Å²) in [4.78, 5) is 14.6. The fraction of sp³-hybridized carbons (Fsp3) is 0.870. The van der Waals surface area contributed by atoms with E-state index in [1.165, 1.54) is 5.57 Å². The van der Waals surface area contributed by atoms with Gasteiger partial charge in [0.05, 0.1) is 25.2 Å². The Hall–Kier alpha value is -0.990. The van der Waals surface area contributed by atoms with Crippen molar-refractivity contribution in [1.29, 1.82) is 0 Å². The van der Waals surface area contributed by atoms with Gasteiger partial charge in [0.15, 0.2) is 0 Å². The van der Waals surface area contributed by atoms with Crippen molar-refractivity contribution in [1.82, 2.24) is 10.2 Å². The number of rotatable bonds is 10. The number of nitrogens with zero attached hydrogens (tertiary/aromatic N) is 1. The lowest BCUT2D eigenvalue weighted by Crippen LogP contribution is -2.56. The summed E-state index contributed by atoms with van der Waals surface area (Å²) in [6.45, 7) is 10.1. The Kier molecular flexibility index (Phi) is 7.30. The first-order valence-corrected chi connectivity index (χ1v) is 11.2. The third-order valence-corrected chi connectivity index (χ3v) is 7.11. The zero-order chi connectivity index (χ0) is 22.1. The third-order valence-electron chi connectivity index (χ3n) is 7.11. The topological polar surface area (TPSA) is 75.9 Å². The number of ether oxygens (including phenoxy) is 4. The fourth-order valence-corrected chi connectivity index (χ4v) is 4.85. The van der Waals surface area contributed by atoms with E-state index in [1.807, 2.05) is 14.1 Å². The van der Waals surface area contributed by atoms with E-state index in [-0.39, 0.29) is 47.9 Å². The van der Waals surface area contributed by atoms with E-state index in [1.54, 1.807) is 7.11 Å². The van der Waals surface area contributed by atoms with Crippen LogP contribution in [0, 0.1) is 5.92 Å². The number of esters is 1. The Balaban J connectivity index is 1.61. The van der Waals surface area contributed by atoms with Gasteiger partial charge in [-0.15, -0.1) is 0 Å². The molecule has 0 amide bonds. The molecule has 3 rings (SSSR count). The SMILES string of the molecule is COC1C(OC(=O)CNCC(C)N(C)C)CCC2(CO2)C1C1(C)OC1CC=C(C)C. The quantitative estimate of drug-likeness (QED) is 0.327. The lowest BCUT2D eigenvalue weighted by molar-refractivity contribution is -0.170. The second-order valence-electron chi connectivity index (χ2n) is 9.85. The normalized spacial score (nSPS) is 38.4. The average Bonchev–Trinajstić information content (AvgIpc) is 3.59. The van der Waals surface area contributed by atoms with Crippen molar-refractivity contribution < 1.29 is 23.7 Å². The second-order valence-corrected chi connectivity index (χ2v) is 9.85. The summed E-state index contributed by atoms with van der Waals surface area (Å²) in [5, 5.41) is 3.19. The van der Waals surface area contributed by atoms with Gasteiger partial charge in [-0.3, -0.25) is 4.79 Å². The maximum atomic E-state index is 12.5. The van der Waals surface area contributed by atoms with Gasteiger partial charge >= 0.3 is 5.97 Å². The Morgan fingerprint density at radius 1 is 1.37 bits per heavy atom. The summed E-state index contributed by atoms with van der Waals surface area (Å²) in [7, 11) is 5.75. The van der Waals surface area contributed by atoms with Crippen LogP contribution in [0.5, 0.6) is 0 Å². The predicted molar refractivity (Wildman–Crippen MR) is 115 cm³/mol. The molecular weight excluding hydrogens is 384 g/mol. The highest BCUT2D eigenvalue weighted by Crippen LogP contribution is 2.59. The van der Waals surface area contributed by atoms with Crippen molar-refractivity contribution in [2.45, 2.75) is 82.5 Å². The monoisotopic (exact) mass is 424 g/mol. The first-order chi connectivity index (χ1) is 14.1. The van der Waals surface area contributed by atoms with Gasteiger partial charge in [0.1, 0.15) is 23.4 Å². The standard InChI is InChI=1S/C23H40N2O5/c1-15(2)8-9-18-22(4,30-18)21-20(27-7)17(10-11-23(21)14-28-23)29-19(26)13-24-12-16(3)25(5)6/h8,16-18,20-21,24H,9-14H2,1-7H3. The predicted octanol–water partition coefficient (Wildman–Crippen LogP) is 2.15. The Morgan fingerprint density at radius 2 is 2.07 bits per heavy atom. The molecule has 0 aromatic carbocycles. The zero-order valence-electron chi connectivity index (χ0n) is 19.7. The summed E-state index contributed by atoms with van der Waals surface area (Å²) in [6, 6.07) is 0.347. The van der Waals surface area contributed by atoms with E-state index in [0.29, 0.717) is 6.04 Å². The van der Waals surface area contributed by atoms with Gasteiger partial charge in [-0.05, 0) is 61.1 Å². The highest BCUT2D eigenvalue weighted by molar-refractivity contribution is 5.71.